The van der Waals surface area contributed by atoms with Crippen molar-refractivity contribution in [2.75, 3.05) is 18.5 Å². The second-order valence-corrected chi connectivity index (χ2v) is 8.81. The first kappa shape index (κ1) is 21.7. The fraction of sp³-hybridized carbons (Fsp3) is 0.172. The van der Waals surface area contributed by atoms with E-state index < -0.39 is 0 Å². The van der Waals surface area contributed by atoms with E-state index in [1.807, 2.05) is 92.7 Å². The van der Waals surface area contributed by atoms with E-state index in [2.05, 4.69) is 17.1 Å². The molecule has 2 heterocycles. The maximum Gasteiger partial charge on any atom is 0.278 e. The number of likely N-dealkylation sites (N-methyl/N-ethyl adjacent to an activating group) is 1. The van der Waals surface area contributed by atoms with Gasteiger partial charge in [-0.15, -0.1) is 0 Å². The molecule has 1 N–H and O–H groups in total. The Hall–Kier alpha value is -4.12. The number of para-hydroxylation sites is 2. The predicted octanol–water partition coefficient (Wildman–Crippen LogP) is 5.24. The first-order valence-electron chi connectivity index (χ1n) is 11.5. The maximum absolute atomic E-state index is 13.7. The predicted molar refractivity (Wildman–Crippen MR) is 136 cm³/mol. The number of H-pyrrole nitrogens is 1. The maximum atomic E-state index is 13.7. The first-order chi connectivity index (χ1) is 16.5. The number of anilines is 1. The number of benzene rings is 3. The molecule has 1 aliphatic rings. The van der Waals surface area contributed by atoms with Gasteiger partial charge < -0.3 is 9.88 Å². The van der Waals surface area contributed by atoms with Crippen LogP contribution in [0.4, 0.5) is 5.69 Å². The Morgan fingerprint density at radius 2 is 1.62 bits per heavy atom. The standard InChI is InChI=1S/C29H27N3O2/c1-19-13-14-23(20(2)17-19)26-27(31(3)22-9-5-4-6-10-22)29(34)32(28(26)33)16-15-21-18-30-25-12-8-7-11-24(21)25/h4-14,17-18,30H,15-16H2,1-3H3. The molecule has 0 bridgehead atoms. The highest BCUT2D eigenvalue weighted by Crippen LogP contribution is 2.35. The normalized spacial score (nSPS) is 13.9. The van der Waals surface area contributed by atoms with Crippen LogP contribution in [0.25, 0.3) is 16.5 Å². The van der Waals surface area contributed by atoms with Crippen LogP contribution < -0.4 is 4.90 Å². The van der Waals surface area contributed by atoms with Gasteiger partial charge in [-0.2, -0.15) is 0 Å². The number of aromatic amines is 1. The fourth-order valence-corrected chi connectivity index (χ4v) is 4.77. The summed E-state index contributed by atoms with van der Waals surface area (Å²) in [5.41, 5.74) is 6.79. The van der Waals surface area contributed by atoms with Crippen LogP contribution in [-0.4, -0.2) is 35.3 Å². The van der Waals surface area contributed by atoms with Crippen LogP contribution >= 0.6 is 0 Å². The van der Waals surface area contributed by atoms with E-state index in [-0.39, 0.29) is 11.8 Å². The van der Waals surface area contributed by atoms with E-state index in [1.54, 1.807) is 0 Å². The summed E-state index contributed by atoms with van der Waals surface area (Å²) in [5.74, 6) is -0.499. The second kappa shape index (κ2) is 8.67. The summed E-state index contributed by atoms with van der Waals surface area (Å²) in [6.07, 6.45) is 2.55. The number of carbonyl (C=O) groups excluding carboxylic acids is 2. The van der Waals surface area contributed by atoms with Gasteiger partial charge in [0.1, 0.15) is 5.70 Å². The Kier molecular flexibility index (Phi) is 5.54. The zero-order valence-electron chi connectivity index (χ0n) is 19.6. The van der Waals surface area contributed by atoms with Crippen molar-refractivity contribution in [2.45, 2.75) is 20.3 Å². The lowest BCUT2D eigenvalue weighted by Gasteiger charge is -2.21. The minimum absolute atomic E-state index is 0.241. The molecule has 0 spiro atoms. The summed E-state index contributed by atoms with van der Waals surface area (Å²) >= 11 is 0. The third-order valence-electron chi connectivity index (χ3n) is 6.55. The van der Waals surface area contributed by atoms with E-state index >= 15 is 0 Å². The van der Waals surface area contributed by atoms with Gasteiger partial charge >= 0.3 is 0 Å². The summed E-state index contributed by atoms with van der Waals surface area (Å²) in [5, 5.41) is 1.12. The number of rotatable bonds is 6. The summed E-state index contributed by atoms with van der Waals surface area (Å²) in [7, 11) is 1.85. The van der Waals surface area contributed by atoms with Crippen LogP contribution in [0, 0.1) is 13.8 Å². The summed E-state index contributed by atoms with van der Waals surface area (Å²) in [4.78, 5) is 34.0. The van der Waals surface area contributed by atoms with Crippen molar-refractivity contribution in [1.29, 1.82) is 0 Å². The first-order valence-corrected chi connectivity index (χ1v) is 11.5. The van der Waals surface area contributed by atoms with E-state index in [4.69, 9.17) is 0 Å². The van der Waals surface area contributed by atoms with Crippen molar-refractivity contribution in [3.63, 3.8) is 0 Å². The Morgan fingerprint density at radius 3 is 2.38 bits per heavy atom. The Labute approximate surface area is 199 Å². The number of amides is 2. The lowest BCUT2D eigenvalue weighted by atomic mass is 9.97. The summed E-state index contributed by atoms with van der Waals surface area (Å²) in [6, 6.07) is 23.7. The molecule has 1 aliphatic heterocycles. The zero-order chi connectivity index (χ0) is 23.8. The van der Waals surface area contributed by atoms with Gasteiger partial charge in [-0.25, -0.2) is 0 Å². The van der Waals surface area contributed by atoms with Crippen LogP contribution in [0.5, 0.6) is 0 Å². The SMILES string of the molecule is Cc1ccc(C2=C(N(C)c3ccccc3)C(=O)N(CCc3c[nH]c4ccccc34)C2=O)c(C)c1. The number of nitrogens with zero attached hydrogens (tertiary/aromatic N) is 2. The van der Waals surface area contributed by atoms with Crippen LogP contribution in [0.15, 0.2) is 84.7 Å². The lowest BCUT2D eigenvalue weighted by molar-refractivity contribution is -0.136. The van der Waals surface area contributed by atoms with Gasteiger partial charge in [0.05, 0.1) is 5.57 Å². The zero-order valence-corrected chi connectivity index (χ0v) is 19.6. The number of imide groups is 1. The van der Waals surface area contributed by atoms with Crippen molar-refractivity contribution < 1.29 is 9.59 Å². The van der Waals surface area contributed by atoms with Gasteiger partial charge in [-0.3, -0.25) is 14.5 Å². The van der Waals surface area contributed by atoms with Gasteiger partial charge in [0, 0.05) is 36.4 Å². The molecule has 2 amide bonds. The van der Waals surface area contributed by atoms with Crippen LogP contribution in [-0.2, 0) is 16.0 Å². The van der Waals surface area contributed by atoms with E-state index in [9.17, 15) is 9.59 Å². The monoisotopic (exact) mass is 449 g/mol. The molecule has 170 valence electrons. The topological polar surface area (TPSA) is 56.4 Å². The van der Waals surface area contributed by atoms with E-state index in [0.29, 0.717) is 24.2 Å². The minimum atomic E-state index is -0.258. The number of hydrogen-bond donors (Lipinski definition) is 1. The molecule has 5 heteroatoms. The smallest absolute Gasteiger partial charge is 0.278 e. The molecule has 0 unspecified atom stereocenters. The molecule has 0 saturated heterocycles. The molecule has 0 fully saturated rings. The Balaban J connectivity index is 1.53. The quantitative estimate of drug-likeness (QED) is 0.410. The molecule has 3 aromatic carbocycles. The highest BCUT2D eigenvalue weighted by atomic mass is 16.2. The minimum Gasteiger partial charge on any atom is -0.361 e. The van der Waals surface area contributed by atoms with Crippen molar-refractivity contribution in [3.8, 4) is 0 Å². The van der Waals surface area contributed by atoms with Gasteiger partial charge in [0.15, 0.2) is 0 Å². The number of carbonyl (C=O) groups is 2. The summed E-state index contributed by atoms with van der Waals surface area (Å²) < 4.78 is 0. The van der Waals surface area contributed by atoms with Crippen molar-refractivity contribution in [2.24, 2.45) is 0 Å². The number of hydrogen-bond acceptors (Lipinski definition) is 3. The molecule has 34 heavy (non-hydrogen) atoms. The van der Waals surface area contributed by atoms with E-state index in [0.717, 1.165) is 38.8 Å². The molecular formula is C29H27N3O2. The molecule has 5 rings (SSSR count). The average Bonchev–Trinajstić information content (AvgIpc) is 3.36. The largest absolute Gasteiger partial charge is 0.361 e. The molecule has 0 saturated carbocycles. The molecular weight excluding hydrogens is 422 g/mol. The number of fused-ring (bicyclic) bond motifs is 1. The van der Waals surface area contributed by atoms with Crippen molar-refractivity contribution in [3.05, 3.63) is 107 Å². The van der Waals surface area contributed by atoms with E-state index in [1.165, 1.54) is 4.90 Å². The Bertz CT molecular complexity index is 1430. The fourth-order valence-electron chi connectivity index (χ4n) is 4.77. The third kappa shape index (κ3) is 3.69. The third-order valence-corrected chi connectivity index (χ3v) is 6.55. The van der Waals surface area contributed by atoms with Crippen molar-refractivity contribution in [1.82, 2.24) is 9.88 Å². The number of nitrogens with one attached hydrogen (secondary N) is 1. The average molecular weight is 450 g/mol. The van der Waals surface area contributed by atoms with Crippen molar-refractivity contribution >= 4 is 34.0 Å². The van der Waals surface area contributed by atoms with Crippen LogP contribution in [0.2, 0.25) is 0 Å². The lowest BCUT2D eigenvalue weighted by Crippen LogP contribution is -2.35. The molecule has 0 aliphatic carbocycles. The van der Waals surface area contributed by atoms with Gasteiger partial charge in [-0.05, 0) is 55.2 Å². The van der Waals surface area contributed by atoms with Gasteiger partial charge in [0.2, 0.25) is 0 Å². The van der Waals surface area contributed by atoms with Gasteiger partial charge in [-0.1, -0.05) is 60.2 Å². The number of aryl methyl sites for hydroxylation is 2. The highest BCUT2D eigenvalue weighted by Gasteiger charge is 2.41. The van der Waals surface area contributed by atoms with Crippen LogP contribution in [0.3, 0.4) is 0 Å². The highest BCUT2D eigenvalue weighted by molar-refractivity contribution is 6.37. The summed E-state index contributed by atoms with van der Waals surface area (Å²) in [6.45, 7) is 4.33. The molecule has 5 nitrogen and oxygen atoms in total. The Morgan fingerprint density at radius 1 is 0.882 bits per heavy atom. The number of aromatic nitrogens is 1. The molecule has 0 atom stereocenters. The molecule has 4 aromatic rings. The molecule has 1 aromatic heterocycles. The van der Waals surface area contributed by atoms with Gasteiger partial charge in [0.25, 0.3) is 11.8 Å². The molecule has 0 radical (unpaired) electrons. The van der Waals surface area contributed by atoms with Crippen LogP contribution in [0.1, 0.15) is 22.3 Å². The second-order valence-electron chi connectivity index (χ2n) is 8.81.